The van der Waals surface area contributed by atoms with Crippen LogP contribution in [-0.2, 0) is 24.1 Å². The van der Waals surface area contributed by atoms with E-state index in [1.54, 1.807) is 42.5 Å². The molecule has 50 heteroatoms. The van der Waals surface area contributed by atoms with Gasteiger partial charge in [0.1, 0.15) is 85.8 Å². The van der Waals surface area contributed by atoms with Gasteiger partial charge in [-0.2, -0.15) is 0 Å². The number of aromatic hydroxyl groups is 1. The maximum absolute atomic E-state index is 11.9. The maximum atomic E-state index is 11.9. The summed E-state index contributed by atoms with van der Waals surface area (Å²) in [5.41, 5.74) is 30.5. The Morgan fingerprint density at radius 3 is 1.16 bits per heavy atom. The van der Waals surface area contributed by atoms with Crippen LogP contribution in [0.5, 0.6) is 5.75 Å². The molecule has 3 aromatic carbocycles. The molecule has 0 unspecified atom stereocenters. The van der Waals surface area contributed by atoms with Gasteiger partial charge in [0.2, 0.25) is 88.5 Å². The molecule has 0 aliphatic rings. The minimum absolute atomic E-state index is 0.00542. The zero-order valence-electron chi connectivity index (χ0n) is 73.5. The number of unbranched alkanes of at least 4 members (excludes halogenated alkanes) is 2. The fourth-order valence-electron chi connectivity index (χ4n) is 11.7. The van der Waals surface area contributed by atoms with E-state index >= 15 is 0 Å². The predicted octanol–water partition coefficient (Wildman–Crippen LogP) is 4.39. The molecular weight excluding hydrogens is 1730 g/mol. The molecule has 0 aromatic heterocycles. The van der Waals surface area contributed by atoms with Crippen molar-refractivity contribution in [2.45, 2.75) is 221 Å². The molecule has 15 atom stereocenters. The van der Waals surface area contributed by atoms with Gasteiger partial charge in [0, 0.05) is 32.4 Å². The van der Waals surface area contributed by atoms with Crippen LogP contribution in [0.4, 0.5) is 0 Å². The van der Waals surface area contributed by atoms with Crippen LogP contribution in [0.15, 0.2) is 165 Å². The lowest BCUT2D eigenvalue weighted by Gasteiger charge is -2.19. The highest BCUT2D eigenvalue weighted by atomic mass is 16.4. The number of phenols is 1. The van der Waals surface area contributed by atoms with Gasteiger partial charge >= 0.3 is 5.97 Å². The van der Waals surface area contributed by atoms with Gasteiger partial charge in [-0.1, -0.05) is 72.8 Å². The minimum atomic E-state index is -1.84. The van der Waals surface area contributed by atoms with Crippen molar-refractivity contribution in [2.24, 2.45) is 109 Å². The molecule has 0 amide bonds. The van der Waals surface area contributed by atoms with Crippen LogP contribution >= 0.6 is 0 Å². The second-order valence-electron chi connectivity index (χ2n) is 29.9. The monoisotopic (exact) mass is 1860 g/mol. The summed E-state index contributed by atoms with van der Waals surface area (Å²) in [4.78, 5) is 76.8. The third-order valence-electron chi connectivity index (χ3n) is 18.8. The number of carboxylic acids is 1. The fraction of sp³-hybridized carbons (Fsp3) is 0.524. The van der Waals surface area contributed by atoms with Crippen molar-refractivity contribution in [3.8, 4) is 5.75 Å². The lowest BCUT2D eigenvalue weighted by Crippen LogP contribution is -2.34. The molecule has 0 fully saturated rings. The van der Waals surface area contributed by atoms with Crippen molar-refractivity contribution in [1.29, 1.82) is 21.6 Å². The lowest BCUT2D eigenvalue weighted by atomic mass is 10.0. The minimum Gasteiger partial charge on any atom is -0.508 e. The molecule has 3 aromatic rings. The van der Waals surface area contributed by atoms with E-state index in [1.165, 1.54) is 52.0 Å². The number of carbonyl (C=O) groups is 1. The second-order valence-corrected chi connectivity index (χ2v) is 29.9. The fourth-order valence-corrected chi connectivity index (χ4v) is 11.7. The summed E-state index contributed by atoms with van der Waals surface area (Å²) in [7, 11) is 0. The van der Waals surface area contributed by atoms with E-state index in [0.717, 1.165) is 5.56 Å². The highest BCUT2D eigenvalue weighted by molar-refractivity contribution is 5.97. The van der Waals surface area contributed by atoms with E-state index in [1.807, 2.05) is 18.2 Å². The Kier molecular flexibility index (Phi) is 50.7. The Morgan fingerprint density at radius 2 is 0.720 bits per heavy atom. The van der Waals surface area contributed by atoms with Gasteiger partial charge in [0.15, 0.2) is 47.7 Å². The number of benzene rings is 3. The first-order valence-corrected chi connectivity index (χ1v) is 41.8. The zero-order valence-corrected chi connectivity index (χ0v) is 73.5. The van der Waals surface area contributed by atoms with Crippen molar-refractivity contribution in [3.05, 3.63) is 102 Å². The Morgan fingerprint density at radius 1 is 0.364 bits per heavy atom. The first-order valence-electron chi connectivity index (χ1n) is 41.8. The van der Waals surface area contributed by atoms with E-state index in [9.17, 15) is 117 Å². The Balaban J connectivity index is 2.09. The molecular formula is C82H127N27O23. The van der Waals surface area contributed by atoms with E-state index in [2.05, 4.69) is 90.5 Å². The number of hydrogen-bond donors (Lipinski definition) is 33. The van der Waals surface area contributed by atoms with Crippen molar-refractivity contribution in [2.75, 3.05) is 52.4 Å². The number of hydrogen-bond acceptors (Lipinski definition) is 27. The lowest BCUT2D eigenvalue weighted by molar-refractivity contribution is -0.138. The van der Waals surface area contributed by atoms with Gasteiger partial charge in [-0.3, -0.25) is 21.6 Å². The molecule has 50 nitrogen and oxygen atoms in total. The van der Waals surface area contributed by atoms with Crippen molar-refractivity contribution < 1.29 is 117 Å². The number of carboxylic acid groups (broad SMARTS) is 1. The molecule has 0 spiro atoms. The number of aliphatic imine (C=N–C) groups is 16. The van der Waals surface area contributed by atoms with Gasteiger partial charge in [-0.25, -0.2) is 84.7 Å². The van der Waals surface area contributed by atoms with Crippen molar-refractivity contribution >= 4 is 124 Å². The van der Waals surface area contributed by atoms with Gasteiger partial charge in [-0.05, 0) is 147 Å². The summed E-state index contributed by atoms with van der Waals surface area (Å²) in [5.74, 6) is -18.3. The number of rotatable bonds is 62. The van der Waals surface area contributed by atoms with Crippen LogP contribution in [0.1, 0.15) is 128 Å². The molecule has 0 aliphatic carbocycles. The van der Waals surface area contributed by atoms with Crippen LogP contribution < -0.4 is 39.3 Å². The molecule has 0 saturated carbocycles. The SMILES string of the molecule is C[C@H](N=C(O)CN=C(O)[C@@H](N=C(O)[C@H](Cc1ccccc1)N=C(O)CN=C(O)CN=C(O)[C@@H](N)Cc1ccccc1)[C@@H](C)O)C(O)=N[C@@H](CCCNC(=N)N)C(O)=N[C@@H](CCCCN)C(O)=N[C@@H](CO)C(O)=N[C@@H](C)C(O)=N[C@@H](CCCNC(=N)N)C(O)=N[C@@H](CCCCN)C(O)=N[C@@H](Cc1ccc(O)cc1)C(O)=N[C@@H](C)C(O)=N[C@@H](CC(=N)O)C(O)=N[C@@H](CCC(=N)O)C(=O)O. The smallest absolute Gasteiger partial charge is 0.328 e. The van der Waals surface area contributed by atoms with E-state index in [0.29, 0.717) is 24.0 Å². The first-order chi connectivity index (χ1) is 62.4. The van der Waals surface area contributed by atoms with Gasteiger partial charge in [0.25, 0.3) is 0 Å². The summed E-state index contributed by atoms with van der Waals surface area (Å²) < 4.78 is 0. The summed E-state index contributed by atoms with van der Waals surface area (Å²) >= 11 is 0. The average molecular weight is 1860 g/mol. The summed E-state index contributed by atoms with van der Waals surface area (Å²) in [6.07, 6.45) is -2.97. The van der Waals surface area contributed by atoms with Crippen LogP contribution in [0.2, 0.25) is 0 Å². The molecule has 0 radical (unpaired) electrons. The van der Waals surface area contributed by atoms with Gasteiger partial charge < -0.3 is 152 Å². The number of nitrogens with two attached hydrogens (primary N) is 5. The standard InChI is InChI=1S/C82H127N27O23/c1-43(97-64(116)41-96-79(130)66(46(4)111)109-77(128)57(36-48-19-9-6-10-20-48)100-65(117)40-94-63(115)39-95-70(121)51(85)35-47-17-7-5-8-18-47)67(118)101-54(23-15-33-92-81(88)89)71(122)104-53(22-12-14-32-84)74(125)108-60(42-110)78(129)99-44(2)68(119)102-55(24-16-34-93-82(90)91)72(123)103-52(21-11-13-31-83)73(124)107-58(37-49-25-27-50(112)28-26-49)75(126)98-45(3)69(120)106-59(38-62(87)114)76(127)105-56(80(131)132)29-30-61(86)113/h5-10,17-20,25-28,43-46,51-60,66,110-112H,11-16,21-24,29-42,83-85H2,1-4H3,(H2,86,113)(H2,87,114)(H,94,115)(H,95,121)(H,96,130)(H,97,116)(H,98,126)(H,99,129)(H,100,117)(H,101,118)(H,102,119)(H,103,123)(H,104,122)(H,105,127)(H,106,120)(H,107,124)(H,108,125)(H,109,128)(H,131,132)(H4,88,89,92)(H4,90,91,93)/t43-,44-,45-,46+,51-,52-,53-,54-,55-,56-,57-,58-,59-,60-,66-/m0/s1. The normalized spacial score (nSPS) is 17.4. The summed E-state index contributed by atoms with van der Waals surface area (Å²) in [6.45, 7) is 2.05. The third-order valence-corrected chi connectivity index (χ3v) is 18.8. The second kappa shape index (κ2) is 59.8. The van der Waals surface area contributed by atoms with Crippen LogP contribution in [0.25, 0.3) is 0 Å². The number of aliphatic hydroxyl groups is 20. The molecule has 728 valence electrons. The highest BCUT2D eigenvalue weighted by Crippen LogP contribution is 2.21. The number of phenolic OH excluding ortho intramolecular Hbond substituents is 1. The molecule has 0 aliphatic heterocycles. The van der Waals surface area contributed by atoms with Crippen LogP contribution in [0, 0.1) is 21.6 Å². The predicted molar refractivity (Wildman–Crippen MR) is 507 cm³/mol. The number of aliphatic hydroxyl groups excluding tert-OH is 20. The number of nitrogens with zero attached hydrogens (tertiary/aromatic N) is 16. The number of aliphatic carboxylic acids is 1. The van der Waals surface area contributed by atoms with E-state index in [-0.39, 0.29) is 103 Å². The molecule has 38 N–H and O–H groups in total. The Labute approximate surface area is 759 Å². The Hall–Kier alpha value is -14.3. The first kappa shape index (κ1) is 112. The van der Waals surface area contributed by atoms with E-state index in [4.69, 9.17) is 50.3 Å². The van der Waals surface area contributed by atoms with E-state index < -0.39 is 260 Å². The van der Waals surface area contributed by atoms with Gasteiger partial charge in [-0.15, -0.1) is 0 Å². The van der Waals surface area contributed by atoms with Crippen LogP contribution in [0.3, 0.4) is 0 Å². The third kappa shape index (κ3) is 44.2. The quantitative estimate of drug-likeness (QED) is 0.0212. The van der Waals surface area contributed by atoms with Crippen molar-refractivity contribution in [3.63, 3.8) is 0 Å². The highest BCUT2D eigenvalue weighted by Gasteiger charge is 2.32. The Bertz CT molecular complexity index is 4680. The molecule has 0 bridgehead atoms. The van der Waals surface area contributed by atoms with Crippen molar-refractivity contribution in [1.82, 2.24) is 10.6 Å². The molecule has 0 heterocycles. The zero-order chi connectivity index (χ0) is 98.7. The molecule has 0 saturated heterocycles. The molecule has 3 rings (SSSR count). The number of guanidine groups is 2. The molecule has 132 heavy (non-hydrogen) atoms. The number of nitrogens with one attached hydrogen (secondary N) is 6. The topological polar surface area (TPSA) is 909 Å². The maximum Gasteiger partial charge on any atom is 0.328 e. The van der Waals surface area contributed by atoms with Crippen LogP contribution in [-0.4, -0.2) is 380 Å². The van der Waals surface area contributed by atoms with Gasteiger partial charge in [0.05, 0.1) is 25.2 Å². The average Bonchev–Trinajstić information content (AvgIpc) is 0.847. The largest absolute Gasteiger partial charge is 0.508 e. The summed E-state index contributed by atoms with van der Waals surface area (Å²) in [5, 5.41) is 276. The summed E-state index contributed by atoms with van der Waals surface area (Å²) in [6, 6.07) is 1.20.